The zero-order valence-corrected chi connectivity index (χ0v) is 12.3. The quantitative estimate of drug-likeness (QED) is 0.373. The molecule has 0 rings (SSSR count). The van der Waals surface area contributed by atoms with Gasteiger partial charge in [0.05, 0.1) is 0 Å². The first-order valence-electron chi connectivity index (χ1n) is 6.01. The molecule has 4 nitrogen and oxygen atoms in total. The van der Waals surface area contributed by atoms with E-state index in [1.54, 1.807) is 0 Å². The van der Waals surface area contributed by atoms with Gasteiger partial charge in [-0.2, -0.15) is 0 Å². The molecule has 0 fully saturated rings. The first-order valence-corrected chi connectivity index (χ1v) is 6.88. The third-order valence-electron chi connectivity index (χ3n) is 2.10. The summed E-state index contributed by atoms with van der Waals surface area (Å²) in [5.74, 6) is -0.652. The van der Waals surface area contributed by atoms with E-state index in [1.165, 1.54) is 0 Å². The van der Waals surface area contributed by atoms with Crippen LogP contribution >= 0.6 is 23.2 Å². The summed E-state index contributed by atoms with van der Waals surface area (Å²) in [6, 6.07) is 0. The SMILES string of the molecule is CC(Cl)CCC(=O)OCCOC(=O)CCC(C)Cl. The van der Waals surface area contributed by atoms with Crippen molar-refractivity contribution in [2.24, 2.45) is 0 Å². The highest BCUT2D eigenvalue weighted by atomic mass is 35.5. The summed E-state index contributed by atoms with van der Waals surface area (Å²) in [5, 5.41) is -0.0964. The number of hydrogen-bond donors (Lipinski definition) is 0. The third kappa shape index (κ3) is 12.0. The average molecular weight is 299 g/mol. The average Bonchev–Trinajstić information content (AvgIpc) is 2.29. The molecule has 0 bridgehead atoms. The summed E-state index contributed by atoms with van der Waals surface area (Å²) in [6.07, 6.45) is 1.71. The Morgan fingerprint density at radius 3 is 1.50 bits per heavy atom. The first kappa shape index (κ1) is 17.5. The number of esters is 2. The van der Waals surface area contributed by atoms with Gasteiger partial charge >= 0.3 is 11.9 Å². The lowest BCUT2D eigenvalue weighted by Crippen LogP contribution is -2.14. The van der Waals surface area contributed by atoms with E-state index < -0.39 is 0 Å². The summed E-state index contributed by atoms with van der Waals surface area (Å²) in [5.41, 5.74) is 0. The Labute approximate surface area is 118 Å². The van der Waals surface area contributed by atoms with E-state index in [0.717, 1.165) is 0 Å². The summed E-state index contributed by atoms with van der Waals surface area (Å²) in [4.78, 5) is 22.3. The summed E-state index contributed by atoms with van der Waals surface area (Å²) in [7, 11) is 0. The van der Waals surface area contributed by atoms with Crippen molar-refractivity contribution in [2.75, 3.05) is 13.2 Å². The second-order valence-electron chi connectivity index (χ2n) is 4.08. The standard InChI is InChI=1S/C12H20Cl2O4/c1-9(13)3-5-11(15)17-7-8-18-12(16)6-4-10(2)14/h9-10H,3-8H2,1-2H3. The number of hydrogen-bond acceptors (Lipinski definition) is 4. The molecule has 0 heterocycles. The number of carbonyl (C=O) groups excluding carboxylic acids is 2. The Balaban J connectivity index is 3.44. The predicted octanol–water partition coefficient (Wildman–Crippen LogP) is 2.89. The number of rotatable bonds is 9. The van der Waals surface area contributed by atoms with E-state index in [4.69, 9.17) is 32.7 Å². The lowest BCUT2D eigenvalue weighted by molar-refractivity contribution is -0.152. The fraction of sp³-hybridized carbons (Fsp3) is 0.833. The van der Waals surface area contributed by atoms with Crippen LogP contribution in [0.5, 0.6) is 0 Å². The van der Waals surface area contributed by atoms with Crippen LogP contribution in [0.25, 0.3) is 0 Å². The molecule has 0 aromatic rings. The van der Waals surface area contributed by atoms with Crippen LogP contribution in [0.2, 0.25) is 0 Å². The second-order valence-corrected chi connectivity index (χ2v) is 5.57. The van der Waals surface area contributed by atoms with Crippen LogP contribution in [-0.4, -0.2) is 35.9 Å². The van der Waals surface area contributed by atoms with Crippen LogP contribution < -0.4 is 0 Å². The largest absolute Gasteiger partial charge is 0.462 e. The maximum atomic E-state index is 11.2. The van der Waals surface area contributed by atoms with Crippen LogP contribution in [0, 0.1) is 0 Å². The lowest BCUT2D eigenvalue weighted by Gasteiger charge is -2.07. The highest BCUT2D eigenvalue weighted by Crippen LogP contribution is 2.05. The minimum absolute atomic E-state index is 0.0482. The van der Waals surface area contributed by atoms with Crippen LogP contribution in [0.15, 0.2) is 0 Å². The summed E-state index contributed by atoms with van der Waals surface area (Å²) < 4.78 is 9.74. The maximum Gasteiger partial charge on any atom is 0.305 e. The van der Waals surface area contributed by atoms with Crippen LogP contribution in [0.1, 0.15) is 39.5 Å². The lowest BCUT2D eigenvalue weighted by atomic mass is 10.2. The first-order chi connectivity index (χ1) is 8.41. The summed E-state index contributed by atoms with van der Waals surface area (Å²) in [6.45, 7) is 3.79. The fourth-order valence-electron chi connectivity index (χ4n) is 1.09. The van der Waals surface area contributed by atoms with Crippen molar-refractivity contribution in [1.29, 1.82) is 0 Å². The normalized spacial score (nSPS) is 13.8. The molecule has 0 amide bonds. The van der Waals surface area contributed by atoms with Gasteiger partial charge in [0, 0.05) is 23.6 Å². The Morgan fingerprint density at radius 2 is 1.22 bits per heavy atom. The Morgan fingerprint density at radius 1 is 0.889 bits per heavy atom. The van der Waals surface area contributed by atoms with Crippen LogP contribution in [0.3, 0.4) is 0 Å². The van der Waals surface area contributed by atoms with Gasteiger partial charge in [-0.1, -0.05) is 0 Å². The van der Waals surface area contributed by atoms with E-state index in [2.05, 4.69) is 0 Å². The van der Waals surface area contributed by atoms with Crippen molar-refractivity contribution >= 4 is 35.1 Å². The van der Waals surface area contributed by atoms with Gasteiger partial charge in [-0.3, -0.25) is 9.59 Å². The van der Waals surface area contributed by atoms with Crippen molar-refractivity contribution in [2.45, 2.75) is 50.3 Å². The number of carbonyl (C=O) groups is 2. The van der Waals surface area contributed by atoms with Crippen molar-refractivity contribution in [3.8, 4) is 0 Å². The van der Waals surface area contributed by atoms with Gasteiger partial charge in [-0.15, -0.1) is 23.2 Å². The molecule has 0 saturated carbocycles. The highest BCUT2D eigenvalue weighted by Gasteiger charge is 2.08. The van der Waals surface area contributed by atoms with Gasteiger partial charge in [0.25, 0.3) is 0 Å². The van der Waals surface area contributed by atoms with E-state index >= 15 is 0 Å². The molecule has 0 aliphatic heterocycles. The van der Waals surface area contributed by atoms with Crippen molar-refractivity contribution in [3.63, 3.8) is 0 Å². The van der Waals surface area contributed by atoms with E-state index in [0.29, 0.717) is 12.8 Å². The zero-order chi connectivity index (χ0) is 14.0. The number of ether oxygens (including phenoxy) is 2. The molecule has 0 radical (unpaired) electrons. The predicted molar refractivity (Wildman–Crippen MR) is 71.0 cm³/mol. The Hall–Kier alpha value is -0.480. The molecule has 0 spiro atoms. The summed E-state index contributed by atoms with van der Waals surface area (Å²) >= 11 is 11.4. The van der Waals surface area contributed by atoms with Crippen LogP contribution in [-0.2, 0) is 19.1 Å². The highest BCUT2D eigenvalue weighted by molar-refractivity contribution is 6.20. The Kier molecular flexibility index (Phi) is 10.2. The molecule has 0 aromatic carbocycles. The molecular formula is C12H20Cl2O4. The van der Waals surface area contributed by atoms with Crippen molar-refractivity contribution in [3.05, 3.63) is 0 Å². The molecule has 18 heavy (non-hydrogen) atoms. The molecule has 2 atom stereocenters. The maximum absolute atomic E-state index is 11.2. The molecule has 0 N–H and O–H groups in total. The molecule has 0 aliphatic carbocycles. The smallest absolute Gasteiger partial charge is 0.305 e. The molecule has 0 saturated heterocycles. The minimum Gasteiger partial charge on any atom is -0.462 e. The molecule has 6 heteroatoms. The van der Waals surface area contributed by atoms with Gasteiger partial charge in [-0.25, -0.2) is 0 Å². The fourth-order valence-corrected chi connectivity index (χ4v) is 1.31. The second kappa shape index (κ2) is 10.4. The van der Waals surface area contributed by atoms with Gasteiger partial charge in [0.2, 0.25) is 0 Å². The zero-order valence-electron chi connectivity index (χ0n) is 10.8. The molecule has 0 aromatic heterocycles. The van der Waals surface area contributed by atoms with Crippen LogP contribution in [0.4, 0.5) is 0 Å². The molecule has 0 aliphatic rings. The van der Waals surface area contributed by atoms with E-state index in [-0.39, 0.29) is 48.7 Å². The van der Waals surface area contributed by atoms with Crippen molar-refractivity contribution < 1.29 is 19.1 Å². The Bertz CT molecular complexity index is 228. The number of alkyl halides is 2. The monoisotopic (exact) mass is 298 g/mol. The molecule has 106 valence electrons. The van der Waals surface area contributed by atoms with E-state index in [9.17, 15) is 9.59 Å². The molecular weight excluding hydrogens is 279 g/mol. The van der Waals surface area contributed by atoms with Gasteiger partial charge in [0.1, 0.15) is 13.2 Å². The van der Waals surface area contributed by atoms with Gasteiger partial charge in [-0.05, 0) is 26.7 Å². The third-order valence-corrected chi connectivity index (χ3v) is 2.54. The molecule has 2 unspecified atom stereocenters. The topological polar surface area (TPSA) is 52.6 Å². The number of halogens is 2. The van der Waals surface area contributed by atoms with Crippen molar-refractivity contribution in [1.82, 2.24) is 0 Å². The van der Waals surface area contributed by atoms with Gasteiger partial charge < -0.3 is 9.47 Å². The van der Waals surface area contributed by atoms with Gasteiger partial charge in [0.15, 0.2) is 0 Å². The van der Waals surface area contributed by atoms with E-state index in [1.807, 2.05) is 13.8 Å². The minimum atomic E-state index is -0.326.